The van der Waals surface area contributed by atoms with E-state index in [9.17, 15) is 9.59 Å². The Bertz CT molecular complexity index is 225. The predicted octanol–water partition coefficient (Wildman–Crippen LogP) is -0.434. The van der Waals surface area contributed by atoms with E-state index in [4.69, 9.17) is 0 Å². The predicted molar refractivity (Wildman–Crippen MR) is 44.3 cm³/mol. The fourth-order valence-electron chi connectivity index (χ4n) is 1.13. The van der Waals surface area contributed by atoms with Crippen molar-refractivity contribution in [2.24, 2.45) is 0 Å². The molecule has 0 spiro atoms. The number of hydrogen-bond acceptors (Lipinski definition) is 3. The molecule has 1 heterocycles. The molecule has 2 amide bonds. The zero-order chi connectivity index (χ0) is 9.14. The van der Waals surface area contributed by atoms with Crippen molar-refractivity contribution in [2.75, 3.05) is 0 Å². The highest BCUT2D eigenvalue weighted by Crippen LogP contribution is 2.01. The van der Waals surface area contributed by atoms with Crippen LogP contribution >= 0.6 is 0 Å². The highest BCUT2D eigenvalue weighted by atomic mass is 16.2. The molecular formula is C8H12N2O2. The number of carbonyl (C=O) groups excluding carboxylic acids is 2. The number of carbonyl (C=O) groups is 2. The summed E-state index contributed by atoms with van der Waals surface area (Å²) in [6.07, 6.45) is 2.16. The Balaban J connectivity index is 2.69. The van der Waals surface area contributed by atoms with Gasteiger partial charge in [0.05, 0.1) is 6.04 Å². The van der Waals surface area contributed by atoms with Crippen LogP contribution < -0.4 is 10.6 Å². The van der Waals surface area contributed by atoms with Gasteiger partial charge in [-0.15, -0.1) is 6.58 Å². The van der Waals surface area contributed by atoms with Gasteiger partial charge in [0.15, 0.2) is 0 Å². The van der Waals surface area contributed by atoms with Crippen molar-refractivity contribution in [3.05, 3.63) is 12.7 Å². The van der Waals surface area contributed by atoms with Gasteiger partial charge in [0.1, 0.15) is 6.04 Å². The number of hydrogen-bond donors (Lipinski definition) is 2. The van der Waals surface area contributed by atoms with Gasteiger partial charge in [0.25, 0.3) is 0 Å². The lowest BCUT2D eigenvalue weighted by Crippen LogP contribution is -2.60. The standard InChI is InChI=1S/C8H12N2O2/c1-3-5-7(11)10-8(12)6(4-2)9-5/h3,5-6,9H,1,4H2,2H3,(H,10,11,12). The molecule has 1 fully saturated rings. The summed E-state index contributed by atoms with van der Waals surface area (Å²) in [5.74, 6) is -0.569. The quantitative estimate of drug-likeness (QED) is 0.434. The first-order valence-corrected chi connectivity index (χ1v) is 3.92. The van der Waals surface area contributed by atoms with Crippen LogP contribution in [-0.4, -0.2) is 23.9 Å². The Labute approximate surface area is 71.0 Å². The fraction of sp³-hybridized carbons (Fsp3) is 0.500. The molecule has 0 aromatic carbocycles. The van der Waals surface area contributed by atoms with Crippen LogP contribution in [0.5, 0.6) is 0 Å². The van der Waals surface area contributed by atoms with E-state index >= 15 is 0 Å². The average molecular weight is 168 g/mol. The zero-order valence-corrected chi connectivity index (χ0v) is 6.96. The van der Waals surface area contributed by atoms with Crippen molar-refractivity contribution in [2.45, 2.75) is 25.4 Å². The van der Waals surface area contributed by atoms with Crippen LogP contribution in [0.2, 0.25) is 0 Å². The second-order valence-electron chi connectivity index (χ2n) is 2.69. The van der Waals surface area contributed by atoms with Crippen molar-refractivity contribution in [3.8, 4) is 0 Å². The smallest absolute Gasteiger partial charge is 0.247 e. The molecule has 2 atom stereocenters. The largest absolute Gasteiger partial charge is 0.293 e. The summed E-state index contributed by atoms with van der Waals surface area (Å²) >= 11 is 0. The molecule has 0 saturated carbocycles. The van der Waals surface area contributed by atoms with E-state index < -0.39 is 6.04 Å². The first kappa shape index (κ1) is 8.93. The number of rotatable bonds is 2. The maximum absolute atomic E-state index is 11.1. The lowest BCUT2D eigenvalue weighted by atomic mass is 10.1. The summed E-state index contributed by atoms with van der Waals surface area (Å²) in [5.41, 5.74) is 0. The number of amides is 2. The first-order valence-electron chi connectivity index (χ1n) is 3.92. The molecule has 0 bridgehead atoms. The Hall–Kier alpha value is -1.16. The van der Waals surface area contributed by atoms with E-state index in [0.29, 0.717) is 6.42 Å². The Morgan fingerprint density at radius 2 is 2.17 bits per heavy atom. The number of nitrogens with one attached hydrogen (secondary N) is 2. The molecule has 1 aliphatic heterocycles. The second-order valence-corrected chi connectivity index (χ2v) is 2.69. The van der Waals surface area contributed by atoms with E-state index in [1.165, 1.54) is 6.08 Å². The van der Waals surface area contributed by atoms with Gasteiger partial charge >= 0.3 is 0 Å². The van der Waals surface area contributed by atoms with Crippen LogP contribution in [0.1, 0.15) is 13.3 Å². The van der Waals surface area contributed by atoms with Crippen molar-refractivity contribution >= 4 is 11.8 Å². The average Bonchev–Trinajstić information content (AvgIpc) is 2.05. The van der Waals surface area contributed by atoms with Gasteiger partial charge in [-0.1, -0.05) is 13.0 Å². The first-order chi connectivity index (χ1) is 5.69. The zero-order valence-electron chi connectivity index (χ0n) is 6.96. The molecule has 1 rings (SSSR count). The highest BCUT2D eigenvalue weighted by molar-refractivity contribution is 6.03. The van der Waals surface area contributed by atoms with Crippen molar-refractivity contribution in [1.82, 2.24) is 10.6 Å². The van der Waals surface area contributed by atoms with Gasteiger partial charge < -0.3 is 0 Å². The molecule has 0 aliphatic carbocycles. The second kappa shape index (κ2) is 3.49. The van der Waals surface area contributed by atoms with Gasteiger partial charge in [-0.2, -0.15) is 0 Å². The molecular weight excluding hydrogens is 156 g/mol. The minimum Gasteiger partial charge on any atom is -0.293 e. The van der Waals surface area contributed by atoms with Gasteiger partial charge in [-0.05, 0) is 6.42 Å². The molecule has 1 saturated heterocycles. The molecule has 0 radical (unpaired) electrons. The molecule has 12 heavy (non-hydrogen) atoms. The van der Waals surface area contributed by atoms with Crippen LogP contribution in [0, 0.1) is 0 Å². The normalized spacial score (nSPS) is 29.8. The molecule has 66 valence electrons. The lowest BCUT2D eigenvalue weighted by molar-refractivity contribution is -0.135. The van der Waals surface area contributed by atoms with Crippen LogP contribution in [0.3, 0.4) is 0 Å². The molecule has 4 heteroatoms. The molecule has 0 aromatic rings. The van der Waals surface area contributed by atoms with E-state index in [-0.39, 0.29) is 17.9 Å². The summed E-state index contributed by atoms with van der Waals surface area (Å²) in [5, 5.41) is 5.14. The van der Waals surface area contributed by atoms with Gasteiger partial charge in [0, 0.05) is 0 Å². The van der Waals surface area contributed by atoms with Crippen molar-refractivity contribution in [1.29, 1.82) is 0 Å². The topological polar surface area (TPSA) is 58.2 Å². The third-order valence-electron chi connectivity index (χ3n) is 1.87. The Morgan fingerprint density at radius 1 is 1.50 bits per heavy atom. The minimum atomic E-state index is -0.437. The van der Waals surface area contributed by atoms with Crippen molar-refractivity contribution < 1.29 is 9.59 Å². The van der Waals surface area contributed by atoms with E-state index in [1.807, 2.05) is 6.92 Å². The molecule has 4 nitrogen and oxygen atoms in total. The maximum Gasteiger partial charge on any atom is 0.247 e. The van der Waals surface area contributed by atoms with Crippen LogP contribution in [-0.2, 0) is 9.59 Å². The summed E-state index contributed by atoms with van der Waals surface area (Å²) < 4.78 is 0. The fourth-order valence-corrected chi connectivity index (χ4v) is 1.13. The van der Waals surface area contributed by atoms with E-state index in [1.54, 1.807) is 0 Å². The van der Waals surface area contributed by atoms with Gasteiger partial charge in [-0.25, -0.2) is 0 Å². The molecule has 0 aromatic heterocycles. The Morgan fingerprint density at radius 3 is 2.67 bits per heavy atom. The lowest BCUT2D eigenvalue weighted by Gasteiger charge is -2.26. The summed E-state index contributed by atoms with van der Waals surface area (Å²) in [7, 11) is 0. The van der Waals surface area contributed by atoms with E-state index in [0.717, 1.165) is 0 Å². The minimum absolute atomic E-state index is 0.249. The van der Waals surface area contributed by atoms with Crippen LogP contribution in [0.25, 0.3) is 0 Å². The van der Waals surface area contributed by atoms with Crippen LogP contribution in [0.4, 0.5) is 0 Å². The summed E-state index contributed by atoms with van der Waals surface area (Å²) in [4.78, 5) is 22.1. The number of imide groups is 1. The van der Waals surface area contributed by atoms with Gasteiger partial charge in [-0.3, -0.25) is 20.2 Å². The third-order valence-corrected chi connectivity index (χ3v) is 1.87. The van der Waals surface area contributed by atoms with E-state index in [2.05, 4.69) is 17.2 Å². The molecule has 2 unspecified atom stereocenters. The third kappa shape index (κ3) is 1.53. The molecule has 2 N–H and O–H groups in total. The SMILES string of the molecule is C=CC1NC(CC)C(=O)NC1=O. The monoisotopic (exact) mass is 168 g/mol. The Kier molecular flexibility index (Phi) is 2.60. The maximum atomic E-state index is 11.1. The summed E-state index contributed by atoms with van der Waals surface area (Å²) in [6.45, 7) is 5.38. The van der Waals surface area contributed by atoms with Gasteiger partial charge in [0.2, 0.25) is 11.8 Å². The molecule has 1 aliphatic rings. The number of piperazine rings is 1. The van der Waals surface area contributed by atoms with Crippen molar-refractivity contribution in [3.63, 3.8) is 0 Å². The van der Waals surface area contributed by atoms with Crippen LogP contribution in [0.15, 0.2) is 12.7 Å². The highest BCUT2D eigenvalue weighted by Gasteiger charge is 2.30. The summed E-state index contributed by atoms with van der Waals surface area (Å²) in [6, 6.07) is -0.710.